The van der Waals surface area contributed by atoms with Crippen molar-refractivity contribution in [1.82, 2.24) is 20.3 Å². The van der Waals surface area contributed by atoms with E-state index in [-0.39, 0.29) is 5.91 Å². The van der Waals surface area contributed by atoms with Crippen LogP contribution in [0.1, 0.15) is 81.4 Å². The fourth-order valence-electron chi connectivity index (χ4n) is 7.19. The molecule has 1 aromatic heterocycles. The highest BCUT2D eigenvalue weighted by atomic mass is 16.5. The molecular weight excluding hydrogens is 520 g/mol. The summed E-state index contributed by atoms with van der Waals surface area (Å²) in [6.07, 6.45) is 11.4. The van der Waals surface area contributed by atoms with E-state index >= 15 is 0 Å². The molecule has 3 aliphatic rings. The number of hydroxylamine groups is 1. The van der Waals surface area contributed by atoms with Crippen molar-refractivity contribution < 1.29 is 24.6 Å². The SMILES string of the molecule is COc1ccc2ncc(CN3CCOCC3)c(C(O)CCC3(C(=O)NO)CCN(CCC4CCCCC4)CC3)c2c1. The van der Waals surface area contributed by atoms with E-state index in [1.165, 1.54) is 38.5 Å². The fourth-order valence-corrected chi connectivity index (χ4v) is 7.19. The third-order valence-corrected chi connectivity index (χ3v) is 9.90. The molecule has 2 aromatic rings. The second-order valence-electron chi connectivity index (χ2n) is 12.4. The Balaban J connectivity index is 1.30. The second-order valence-corrected chi connectivity index (χ2v) is 12.4. The number of ether oxygens (including phenoxy) is 2. The Labute approximate surface area is 244 Å². The number of amides is 1. The number of rotatable bonds is 11. The van der Waals surface area contributed by atoms with Gasteiger partial charge in [0, 0.05) is 31.2 Å². The van der Waals surface area contributed by atoms with Crippen LogP contribution in [-0.2, 0) is 16.1 Å². The van der Waals surface area contributed by atoms with E-state index in [9.17, 15) is 15.1 Å². The van der Waals surface area contributed by atoms with Crippen molar-refractivity contribution in [3.63, 3.8) is 0 Å². The van der Waals surface area contributed by atoms with E-state index in [2.05, 4.69) is 9.80 Å². The van der Waals surface area contributed by atoms with Gasteiger partial charge in [-0.25, -0.2) is 5.48 Å². The minimum atomic E-state index is -0.781. The van der Waals surface area contributed by atoms with E-state index in [0.29, 0.717) is 51.2 Å². The number of fused-ring (bicyclic) bond motifs is 1. The molecule has 0 spiro atoms. The third kappa shape index (κ3) is 7.38. The van der Waals surface area contributed by atoms with Gasteiger partial charge in [-0.05, 0) is 87.0 Å². The van der Waals surface area contributed by atoms with Gasteiger partial charge in [0.2, 0.25) is 5.91 Å². The second kappa shape index (κ2) is 14.2. The molecule has 0 radical (unpaired) electrons. The van der Waals surface area contributed by atoms with Gasteiger partial charge in [-0.1, -0.05) is 32.1 Å². The van der Waals surface area contributed by atoms with E-state index in [4.69, 9.17) is 14.5 Å². The van der Waals surface area contributed by atoms with Gasteiger partial charge in [0.1, 0.15) is 5.75 Å². The number of aliphatic hydroxyl groups is 1. The van der Waals surface area contributed by atoms with Crippen LogP contribution in [0.3, 0.4) is 0 Å². The van der Waals surface area contributed by atoms with Crippen molar-refractivity contribution in [2.45, 2.75) is 76.9 Å². The number of nitrogens with one attached hydrogen (secondary N) is 1. The normalized spacial score (nSPS) is 21.5. The first-order valence-corrected chi connectivity index (χ1v) is 15.6. The Kier molecular flexibility index (Phi) is 10.5. The van der Waals surface area contributed by atoms with Crippen molar-refractivity contribution in [3.05, 3.63) is 35.5 Å². The molecular formula is C32H48N4O5. The first-order valence-electron chi connectivity index (χ1n) is 15.6. The summed E-state index contributed by atoms with van der Waals surface area (Å²) in [6, 6.07) is 5.76. The average Bonchev–Trinajstić information content (AvgIpc) is 3.03. The number of aliphatic hydroxyl groups excluding tert-OH is 1. The van der Waals surface area contributed by atoms with E-state index in [0.717, 1.165) is 60.7 Å². The number of hydrogen-bond donors (Lipinski definition) is 3. The van der Waals surface area contributed by atoms with Crippen LogP contribution in [0.5, 0.6) is 5.75 Å². The zero-order valence-electron chi connectivity index (χ0n) is 24.7. The highest BCUT2D eigenvalue weighted by Crippen LogP contribution is 2.41. The van der Waals surface area contributed by atoms with Crippen LogP contribution in [0, 0.1) is 11.3 Å². The Morgan fingerprint density at radius 3 is 2.61 bits per heavy atom. The Morgan fingerprint density at radius 1 is 1.15 bits per heavy atom. The summed E-state index contributed by atoms with van der Waals surface area (Å²) in [5, 5.41) is 22.3. The molecule has 1 aromatic carbocycles. The van der Waals surface area contributed by atoms with Gasteiger partial charge in [0.05, 0.1) is 37.4 Å². The maximum absolute atomic E-state index is 13.1. The Bertz CT molecular complexity index is 1140. The summed E-state index contributed by atoms with van der Waals surface area (Å²) in [5.41, 5.74) is 3.91. The monoisotopic (exact) mass is 568 g/mol. The number of carbonyl (C=O) groups is 1. The summed E-state index contributed by atoms with van der Waals surface area (Å²) in [4.78, 5) is 22.6. The van der Waals surface area contributed by atoms with Gasteiger partial charge in [0.25, 0.3) is 0 Å². The number of carbonyl (C=O) groups excluding carboxylic acids is 1. The van der Waals surface area contributed by atoms with Crippen molar-refractivity contribution in [1.29, 1.82) is 0 Å². The topological polar surface area (TPSA) is 107 Å². The third-order valence-electron chi connectivity index (χ3n) is 9.90. The molecule has 1 atom stereocenters. The first kappa shape index (κ1) is 30.2. The molecule has 1 amide bonds. The number of benzene rings is 1. The number of morpholine rings is 1. The van der Waals surface area contributed by atoms with Crippen molar-refractivity contribution in [3.8, 4) is 5.75 Å². The largest absolute Gasteiger partial charge is 0.497 e. The molecule has 2 saturated heterocycles. The van der Waals surface area contributed by atoms with Gasteiger partial charge in [-0.2, -0.15) is 0 Å². The highest BCUT2D eigenvalue weighted by molar-refractivity contribution is 5.85. The average molecular weight is 569 g/mol. The highest BCUT2D eigenvalue weighted by Gasteiger charge is 2.41. The van der Waals surface area contributed by atoms with Crippen LogP contribution in [0.15, 0.2) is 24.4 Å². The van der Waals surface area contributed by atoms with Gasteiger partial charge in [-0.3, -0.25) is 19.9 Å². The zero-order chi connectivity index (χ0) is 28.7. The lowest BCUT2D eigenvalue weighted by Crippen LogP contribution is -2.48. The maximum Gasteiger partial charge on any atom is 0.249 e. The molecule has 2 aliphatic heterocycles. The van der Waals surface area contributed by atoms with Crippen molar-refractivity contribution in [2.75, 3.05) is 53.0 Å². The molecule has 3 fully saturated rings. The minimum Gasteiger partial charge on any atom is -0.497 e. The first-order chi connectivity index (χ1) is 20.0. The number of hydrogen-bond acceptors (Lipinski definition) is 8. The number of likely N-dealkylation sites (tertiary alicyclic amines) is 1. The molecule has 5 rings (SSSR count). The molecule has 41 heavy (non-hydrogen) atoms. The molecule has 0 bridgehead atoms. The molecule has 1 unspecified atom stereocenters. The van der Waals surface area contributed by atoms with Gasteiger partial charge < -0.3 is 19.5 Å². The number of pyridine rings is 1. The van der Waals surface area contributed by atoms with E-state index in [1.54, 1.807) is 7.11 Å². The lowest BCUT2D eigenvalue weighted by atomic mass is 9.73. The fraction of sp³-hybridized carbons (Fsp3) is 0.688. The smallest absolute Gasteiger partial charge is 0.249 e. The quantitative estimate of drug-likeness (QED) is 0.270. The summed E-state index contributed by atoms with van der Waals surface area (Å²) in [7, 11) is 1.64. The number of aromatic nitrogens is 1. The summed E-state index contributed by atoms with van der Waals surface area (Å²) < 4.78 is 11.0. The number of nitrogens with zero attached hydrogens (tertiary/aromatic N) is 3. The van der Waals surface area contributed by atoms with E-state index in [1.807, 2.05) is 29.9 Å². The number of piperidine rings is 1. The summed E-state index contributed by atoms with van der Waals surface area (Å²) >= 11 is 0. The molecule has 1 aliphatic carbocycles. The van der Waals surface area contributed by atoms with Crippen LogP contribution in [0.25, 0.3) is 10.9 Å². The lowest BCUT2D eigenvalue weighted by molar-refractivity contribution is -0.143. The summed E-state index contributed by atoms with van der Waals surface area (Å²) in [5.74, 6) is 1.23. The Morgan fingerprint density at radius 2 is 1.90 bits per heavy atom. The molecule has 1 saturated carbocycles. The minimum absolute atomic E-state index is 0.327. The van der Waals surface area contributed by atoms with Crippen LogP contribution in [0.4, 0.5) is 0 Å². The predicted octanol–water partition coefficient (Wildman–Crippen LogP) is 4.45. The molecule has 9 heteroatoms. The van der Waals surface area contributed by atoms with Crippen LogP contribution in [0.2, 0.25) is 0 Å². The molecule has 3 heterocycles. The van der Waals surface area contributed by atoms with Crippen LogP contribution < -0.4 is 10.2 Å². The zero-order valence-corrected chi connectivity index (χ0v) is 24.7. The van der Waals surface area contributed by atoms with Gasteiger partial charge in [-0.15, -0.1) is 0 Å². The lowest BCUT2D eigenvalue weighted by Gasteiger charge is -2.41. The Hall–Kier alpha value is -2.30. The summed E-state index contributed by atoms with van der Waals surface area (Å²) in [6.45, 7) is 6.51. The molecule has 226 valence electrons. The van der Waals surface area contributed by atoms with Crippen LogP contribution >= 0.6 is 0 Å². The standard InChI is InChI=1S/C32H48N4O5/c1-40-26-7-8-28-27(21-26)30(25(22-33-28)23-36-17-19-41-20-18-36)29(37)9-11-32(31(38)34-39)12-15-35(16-13-32)14-10-24-5-3-2-4-6-24/h7-8,21-22,24,29,37,39H,2-6,9-20,23H2,1H3,(H,34,38). The van der Waals surface area contributed by atoms with Gasteiger partial charge >= 0.3 is 0 Å². The van der Waals surface area contributed by atoms with E-state index < -0.39 is 11.5 Å². The predicted molar refractivity (Wildman–Crippen MR) is 158 cm³/mol. The van der Waals surface area contributed by atoms with Crippen molar-refractivity contribution in [2.24, 2.45) is 11.3 Å². The molecule has 9 nitrogen and oxygen atoms in total. The van der Waals surface area contributed by atoms with Crippen molar-refractivity contribution >= 4 is 16.8 Å². The van der Waals surface area contributed by atoms with Gasteiger partial charge in [0.15, 0.2) is 0 Å². The maximum atomic E-state index is 13.1. The molecule has 3 N–H and O–H groups in total. The van der Waals surface area contributed by atoms with Crippen LogP contribution in [-0.4, -0.2) is 84.1 Å². The number of methoxy groups -OCH3 is 1.